The van der Waals surface area contributed by atoms with Crippen LogP contribution in [0.2, 0.25) is 0 Å². The van der Waals surface area contributed by atoms with Gasteiger partial charge in [-0.25, -0.2) is 13.2 Å². The van der Waals surface area contributed by atoms with Crippen LogP contribution in [0.15, 0.2) is 36.4 Å². The summed E-state index contributed by atoms with van der Waals surface area (Å²) in [4.78, 5) is 26.0. The molecule has 1 aliphatic rings. The van der Waals surface area contributed by atoms with E-state index in [9.17, 15) is 18.0 Å². The van der Waals surface area contributed by atoms with E-state index in [1.54, 1.807) is 13.0 Å². The Bertz CT molecular complexity index is 923. The van der Waals surface area contributed by atoms with Gasteiger partial charge in [0.05, 0.1) is 17.2 Å². The Morgan fingerprint density at radius 3 is 2.67 bits per heavy atom. The summed E-state index contributed by atoms with van der Waals surface area (Å²) in [6.07, 6.45) is 0.414. The molecule has 0 spiro atoms. The van der Waals surface area contributed by atoms with Crippen LogP contribution in [-0.4, -0.2) is 66.1 Å². The zero-order valence-corrected chi connectivity index (χ0v) is 15.7. The van der Waals surface area contributed by atoms with Crippen molar-refractivity contribution in [3.8, 4) is 11.3 Å². The zero-order chi connectivity index (χ0) is 19.4. The van der Waals surface area contributed by atoms with Crippen molar-refractivity contribution in [3.05, 3.63) is 42.1 Å². The van der Waals surface area contributed by atoms with E-state index in [0.29, 0.717) is 18.7 Å². The van der Waals surface area contributed by atoms with Crippen LogP contribution in [-0.2, 0) is 19.4 Å². The van der Waals surface area contributed by atoms with Gasteiger partial charge < -0.3 is 9.64 Å². The van der Waals surface area contributed by atoms with Crippen molar-refractivity contribution in [2.45, 2.75) is 19.4 Å². The molecule has 0 saturated carbocycles. The predicted octanol–water partition coefficient (Wildman–Crippen LogP) is 1.27. The average molecular weight is 391 g/mol. The summed E-state index contributed by atoms with van der Waals surface area (Å²) >= 11 is 0. The summed E-state index contributed by atoms with van der Waals surface area (Å²) in [6, 6.07) is 10.5. The fourth-order valence-electron chi connectivity index (χ4n) is 3.13. The number of nitrogens with zero attached hydrogens (tertiary/aromatic N) is 2. The number of likely N-dealkylation sites (N-methyl/N-ethyl adjacent to an activating group) is 1. The third-order valence-corrected chi connectivity index (χ3v) is 6.25. The molecule has 1 aromatic heterocycles. The van der Waals surface area contributed by atoms with Gasteiger partial charge in [0.2, 0.25) is 0 Å². The van der Waals surface area contributed by atoms with Crippen molar-refractivity contribution in [2.24, 2.45) is 0 Å². The van der Waals surface area contributed by atoms with E-state index in [2.05, 4.69) is 10.2 Å². The van der Waals surface area contributed by atoms with Crippen molar-refractivity contribution in [2.75, 3.05) is 24.7 Å². The van der Waals surface area contributed by atoms with Gasteiger partial charge in [0.1, 0.15) is 5.69 Å². The first-order valence-electron chi connectivity index (χ1n) is 8.67. The van der Waals surface area contributed by atoms with Crippen LogP contribution in [0, 0.1) is 0 Å². The van der Waals surface area contributed by atoms with Crippen LogP contribution >= 0.6 is 0 Å². The van der Waals surface area contributed by atoms with Crippen LogP contribution in [0.1, 0.15) is 23.8 Å². The summed E-state index contributed by atoms with van der Waals surface area (Å²) in [6.45, 7) is 1.69. The molecule has 9 heteroatoms. The molecule has 0 aliphatic carbocycles. The molecular formula is C18H21N3O5S. The normalized spacial score (nSPS) is 18.2. The summed E-state index contributed by atoms with van der Waals surface area (Å²) in [5.74, 6) is -1.05. The van der Waals surface area contributed by atoms with Gasteiger partial charge in [-0.1, -0.05) is 30.3 Å². The molecule has 1 fully saturated rings. The number of amides is 1. The lowest BCUT2D eigenvalue weighted by Crippen LogP contribution is -2.43. The monoisotopic (exact) mass is 391 g/mol. The number of H-pyrrole nitrogens is 1. The highest BCUT2D eigenvalue weighted by molar-refractivity contribution is 7.91. The van der Waals surface area contributed by atoms with E-state index < -0.39 is 28.3 Å². The highest BCUT2D eigenvalue weighted by atomic mass is 32.2. The Morgan fingerprint density at radius 1 is 1.30 bits per heavy atom. The fraction of sp³-hybridized carbons (Fsp3) is 0.389. The minimum atomic E-state index is -3.10. The number of rotatable bonds is 6. The quantitative estimate of drug-likeness (QED) is 0.743. The highest BCUT2D eigenvalue weighted by Crippen LogP contribution is 2.19. The molecule has 0 radical (unpaired) electrons. The number of aromatic amines is 1. The van der Waals surface area contributed by atoms with Crippen molar-refractivity contribution in [1.82, 2.24) is 15.1 Å². The molecule has 8 nitrogen and oxygen atoms in total. The third-order valence-electron chi connectivity index (χ3n) is 4.50. The summed E-state index contributed by atoms with van der Waals surface area (Å²) in [5, 5.41) is 6.69. The van der Waals surface area contributed by atoms with Gasteiger partial charge in [0.15, 0.2) is 16.4 Å². The number of carbonyl (C=O) groups excluding carboxylic acids is 2. The maximum absolute atomic E-state index is 12.4. The first-order chi connectivity index (χ1) is 12.9. The molecule has 0 unspecified atom stereocenters. The number of carbonyl (C=O) groups is 2. The minimum Gasteiger partial charge on any atom is -0.451 e. The topological polar surface area (TPSA) is 109 Å². The maximum atomic E-state index is 12.4. The molecule has 144 valence electrons. The Kier molecular flexibility index (Phi) is 5.59. The fourth-order valence-corrected chi connectivity index (χ4v) is 4.86. The molecule has 1 N–H and O–H groups in total. The molecule has 2 aromatic rings. The molecule has 1 aromatic carbocycles. The van der Waals surface area contributed by atoms with E-state index in [0.717, 1.165) is 5.56 Å². The lowest BCUT2D eigenvalue weighted by Gasteiger charge is -2.26. The average Bonchev–Trinajstić information content (AvgIpc) is 3.28. The van der Waals surface area contributed by atoms with Gasteiger partial charge in [0, 0.05) is 18.2 Å². The van der Waals surface area contributed by atoms with E-state index in [-0.39, 0.29) is 23.2 Å². The number of benzene rings is 1. The summed E-state index contributed by atoms with van der Waals surface area (Å²) in [7, 11) is -3.10. The Morgan fingerprint density at radius 2 is 2.04 bits per heavy atom. The molecule has 1 atom stereocenters. The second-order valence-electron chi connectivity index (χ2n) is 6.35. The van der Waals surface area contributed by atoms with Crippen LogP contribution < -0.4 is 0 Å². The second kappa shape index (κ2) is 7.91. The summed E-state index contributed by atoms with van der Waals surface area (Å²) in [5.41, 5.74) is 1.59. The number of ether oxygens (including phenoxy) is 1. The van der Waals surface area contributed by atoms with Gasteiger partial charge in [-0.2, -0.15) is 5.10 Å². The first kappa shape index (κ1) is 19.1. The van der Waals surface area contributed by atoms with Crippen LogP contribution in [0.25, 0.3) is 11.3 Å². The number of hydrogen-bond donors (Lipinski definition) is 1. The van der Waals surface area contributed by atoms with Crippen molar-refractivity contribution >= 4 is 21.7 Å². The number of sulfone groups is 1. The molecular weight excluding hydrogens is 370 g/mol. The first-order valence-corrected chi connectivity index (χ1v) is 10.5. The van der Waals surface area contributed by atoms with E-state index in [1.165, 1.54) is 4.90 Å². The van der Waals surface area contributed by atoms with Crippen molar-refractivity contribution in [1.29, 1.82) is 0 Å². The lowest BCUT2D eigenvalue weighted by molar-refractivity contribution is -0.136. The molecule has 0 bridgehead atoms. The number of nitrogens with one attached hydrogen (secondary N) is 1. The lowest BCUT2D eigenvalue weighted by atomic mass is 10.1. The number of hydrogen-bond acceptors (Lipinski definition) is 6. The van der Waals surface area contributed by atoms with Crippen molar-refractivity contribution in [3.63, 3.8) is 0 Å². The summed E-state index contributed by atoms with van der Waals surface area (Å²) < 4.78 is 28.3. The second-order valence-corrected chi connectivity index (χ2v) is 8.57. The number of aromatic nitrogens is 2. The number of esters is 1. The molecule has 2 heterocycles. The third kappa shape index (κ3) is 4.54. The van der Waals surface area contributed by atoms with Crippen LogP contribution in [0.5, 0.6) is 0 Å². The highest BCUT2D eigenvalue weighted by Gasteiger charge is 2.34. The van der Waals surface area contributed by atoms with Gasteiger partial charge in [-0.3, -0.25) is 9.89 Å². The van der Waals surface area contributed by atoms with E-state index >= 15 is 0 Å². The Labute approximate surface area is 157 Å². The van der Waals surface area contributed by atoms with Gasteiger partial charge in [-0.05, 0) is 19.4 Å². The SMILES string of the molecule is CCN(C(=O)COC(=O)c1cc(-c2ccccc2)n[nH]1)[C@H]1CCS(=O)(=O)C1. The predicted molar refractivity (Wildman–Crippen MR) is 98.8 cm³/mol. The van der Waals surface area contributed by atoms with Gasteiger partial charge in [-0.15, -0.1) is 0 Å². The van der Waals surface area contributed by atoms with Gasteiger partial charge >= 0.3 is 5.97 Å². The zero-order valence-electron chi connectivity index (χ0n) is 14.9. The molecule has 27 heavy (non-hydrogen) atoms. The van der Waals surface area contributed by atoms with Crippen LogP contribution in [0.3, 0.4) is 0 Å². The van der Waals surface area contributed by atoms with Crippen molar-refractivity contribution < 1.29 is 22.7 Å². The Balaban J connectivity index is 1.58. The molecule has 1 saturated heterocycles. The minimum absolute atomic E-state index is 0.0402. The molecule has 3 rings (SSSR count). The standard InChI is InChI=1S/C18H21N3O5S/c1-2-21(14-8-9-27(24,25)12-14)17(22)11-26-18(23)16-10-15(19-20-16)13-6-4-3-5-7-13/h3-7,10,14H,2,8-9,11-12H2,1H3,(H,19,20)/t14-/m0/s1. The van der Waals surface area contributed by atoms with E-state index in [4.69, 9.17) is 4.74 Å². The van der Waals surface area contributed by atoms with E-state index in [1.807, 2.05) is 30.3 Å². The molecule has 1 aliphatic heterocycles. The largest absolute Gasteiger partial charge is 0.451 e. The maximum Gasteiger partial charge on any atom is 0.356 e. The van der Waals surface area contributed by atoms with Gasteiger partial charge in [0.25, 0.3) is 5.91 Å². The Hall–Kier alpha value is -2.68. The van der Waals surface area contributed by atoms with Crippen LogP contribution in [0.4, 0.5) is 0 Å². The smallest absolute Gasteiger partial charge is 0.356 e. The molecule has 1 amide bonds.